The molecule has 2 heteroatoms. The zero-order chi connectivity index (χ0) is 12.8. The predicted molar refractivity (Wildman–Crippen MR) is 77.3 cm³/mol. The van der Waals surface area contributed by atoms with E-state index in [2.05, 4.69) is 43.3 Å². The maximum absolute atomic E-state index is 8.86. The maximum atomic E-state index is 8.86. The lowest BCUT2D eigenvalue weighted by atomic mass is 10.2. The van der Waals surface area contributed by atoms with E-state index in [1.807, 2.05) is 36.0 Å². The molecule has 2 aromatic rings. The fourth-order valence-corrected chi connectivity index (χ4v) is 2.74. The van der Waals surface area contributed by atoms with Gasteiger partial charge >= 0.3 is 0 Å². The Bertz CT molecular complexity index is 543. The van der Waals surface area contributed by atoms with Gasteiger partial charge < -0.3 is 0 Å². The van der Waals surface area contributed by atoms with Crippen molar-refractivity contribution in [2.45, 2.75) is 17.9 Å². The molecule has 0 N–H and O–H groups in total. The minimum absolute atomic E-state index is 0.469. The molecule has 90 valence electrons. The first kappa shape index (κ1) is 12.7. The van der Waals surface area contributed by atoms with E-state index in [0.29, 0.717) is 5.25 Å². The Morgan fingerprint density at radius 1 is 1.11 bits per heavy atom. The molecule has 0 heterocycles. The molecule has 0 bridgehead atoms. The highest BCUT2D eigenvalue weighted by Crippen LogP contribution is 2.30. The second-order valence-corrected chi connectivity index (χ2v) is 5.51. The SMILES string of the molecule is CC(SCc1cccc(C#N)c1)c1ccccc1. The second kappa shape index (κ2) is 6.28. The van der Waals surface area contributed by atoms with Gasteiger partial charge in [-0.3, -0.25) is 0 Å². The smallest absolute Gasteiger partial charge is 0.0991 e. The van der Waals surface area contributed by atoms with Crippen molar-refractivity contribution < 1.29 is 0 Å². The van der Waals surface area contributed by atoms with Crippen molar-refractivity contribution >= 4 is 11.8 Å². The standard InChI is InChI=1S/C16H15NS/c1-13(16-8-3-2-4-9-16)18-12-15-7-5-6-14(10-15)11-17/h2-10,13H,12H2,1H3. The molecule has 0 saturated carbocycles. The van der Waals surface area contributed by atoms with E-state index in [-0.39, 0.29) is 0 Å². The Balaban J connectivity index is 1.97. The summed E-state index contributed by atoms with van der Waals surface area (Å²) in [6.07, 6.45) is 0. The molecule has 0 aliphatic heterocycles. The first-order valence-corrected chi connectivity index (χ1v) is 7.00. The molecule has 0 fully saturated rings. The minimum Gasteiger partial charge on any atom is -0.192 e. The summed E-state index contributed by atoms with van der Waals surface area (Å²) < 4.78 is 0. The Morgan fingerprint density at radius 3 is 2.61 bits per heavy atom. The zero-order valence-electron chi connectivity index (χ0n) is 10.3. The molecular formula is C16H15NS. The van der Waals surface area contributed by atoms with Gasteiger partial charge in [-0.05, 0) is 30.2 Å². The van der Waals surface area contributed by atoms with Gasteiger partial charge in [0.1, 0.15) is 0 Å². The molecule has 18 heavy (non-hydrogen) atoms. The molecule has 0 aromatic heterocycles. The van der Waals surface area contributed by atoms with Gasteiger partial charge in [-0.15, -0.1) is 11.8 Å². The van der Waals surface area contributed by atoms with Crippen LogP contribution in [0.3, 0.4) is 0 Å². The molecule has 1 atom stereocenters. The van der Waals surface area contributed by atoms with Crippen molar-refractivity contribution in [3.05, 3.63) is 71.3 Å². The van der Waals surface area contributed by atoms with Crippen LogP contribution in [0.4, 0.5) is 0 Å². The summed E-state index contributed by atoms with van der Waals surface area (Å²) in [5.74, 6) is 0.936. The average molecular weight is 253 g/mol. The maximum Gasteiger partial charge on any atom is 0.0991 e. The quantitative estimate of drug-likeness (QED) is 0.798. The van der Waals surface area contributed by atoms with E-state index in [1.165, 1.54) is 11.1 Å². The van der Waals surface area contributed by atoms with Crippen molar-refractivity contribution in [3.63, 3.8) is 0 Å². The fraction of sp³-hybridized carbons (Fsp3) is 0.188. The van der Waals surface area contributed by atoms with Gasteiger partial charge in [0.2, 0.25) is 0 Å². The largest absolute Gasteiger partial charge is 0.192 e. The van der Waals surface area contributed by atoms with Gasteiger partial charge in [0.25, 0.3) is 0 Å². The third kappa shape index (κ3) is 3.38. The number of thioether (sulfide) groups is 1. The van der Waals surface area contributed by atoms with Crippen molar-refractivity contribution in [1.82, 2.24) is 0 Å². The first-order valence-electron chi connectivity index (χ1n) is 5.95. The number of rotatable bonds is 4. The monoisotopic (exact) mass is 253 g/mol. The molecule has 1 unspecified atom stereocenters. The van der Waals surface area contributed by atoms with E-state index >= 15 is 0 Å². The lowest BCUT2D eigenvalue weighted by Crippen LogP contribution is -1.89. The van der Waals surface area contributed by atoms with E-state index in [9.17, 15) is 0 Å². The summed E-state index contributed by atoms with van der Waals surface area (Å²) in [6, 6.07) is 20.5. The van der Waals surface area contributed by atoms with Crippen LogP contribution in [0.2, 0.25) is 0 Å². The number of hydrogen-bond donors (Lipinski definition) is 0. The number of nitriles is 1. The highest BCUT2D eigenvalue weighted by Gasteiger charge is 2.05. The summed E-state index contributed by atoms with van der Waals surface area (Å²) >= 11 is 1.89. The lowest BCUT2D eigenvalue weighted by molar-refractivity contribution is 1.09. The molecule has 0 aliphatic rings. The van der Waals surface area contributed by atoms with E-state index in [0.717, 1.165) is 11.3 Å². The van der Waals surface area contributed by atoms with Crippen LogP contribution in [0, 0.1) is 11.3 Å². The summed E-state index contributed by atoms with van der Waals surface area (Å²) in [5, 5.41) is 9.33. The Kier molecular flexibility index (Phi) is 4.44. The van der Waals surface area contributed by atoms with E-state index in [1.54, 1.807) is 0 Å². The Hall–Kier alpha value is -1.72. The third-order valence-corrected chi connectivity index (χ3v) is 4.10. The molecule has 0 amide bonds. The van der Waals surface area contributed by atoms with Crippen LogP contribution in [0.1, 0.15) is 28.9 Å². The van der Waals surface area contributed by atoms with Crippen LogP contribution in [0.5, 0.6) is 0 Å². The van der Waals surface area contributed by atoms with Gasteiger partial charge in [-0.25, -0.2) is 0 Å². The van der Waals surface area contributed by atoms with Crippen molar-refractivity contribution in [3.8, 4) is 6.07 Å². The van der Waals surface area contributed by atoms with Gasteiger partial charge in [-0.2, -0.15) is 5.26 Å². The predicted octanol–water partition coefficient (Wildman–Crippen LogP) is 4.55. The normalized spacial score (nSPS) is 11.8. The third-order valence-electron chi connectivity index (χ3n) is 2.83. The summed E-state index contributed by atoms with van der Waals surface area (Å²) in [4.78, 5) is 0. The van der Waals surface area contributed by atoms with Crippen LogP contribution in [0.15, 0.2) is 54.6 Å². The van der Waals surface area contributed by atoms with E-state index < -0.39 is 0 Å². The molecule has 1 nitrogen and oxygen atoms in total. The topological polar surface area (TPSA) is 23.8 Å². The van der Waals surface area contributed by atoms with Gasteiger partial charge in [0.05, 0.1) is 11.6 Å². The van der Waals surface area contributed by atoms with Crippen LogP contribution in [-0.2, 0) is 5.75 Å². The van der Waals surface area contributed by atoms with Gasteiger partial charge in [-0.1, -0.05) is 42.5 Å². The molecule has 0 aliphatic carbocycles. The van der Waals surface area contributed by atoms with E-state index in [4.69, 9.17) is 5.26 Å². The molecular weight excluding hydrogens is 238 g/mol. The number of benzene rings is 2. The second-order valence-electron chi connectivity index (χ2n) is 4.18. The number of hydrogen-bond acceptors (Lipinski definition) is 2. The highest BCUT2D eigenvalue weighted by molar-refractivity contribution is 7.98. The zero-order valence-corrected chi connectivity index (χ0v) is 11.2. The summed E-state index contributed by atoms with van der Waals surface area (Å²) in [5.41, 5.74) is 3.29. The molecule has 0 saturated heterocycles. The molecule has 0 spiro atoms. The lowest BCUT2D eigenvalue weighted by Gasteiger charge is -2.11. The van der Waals surface area contributed by atoms with Crippen molar-refractivity contribution in [1.29, 1.82) is 5.26 Å². The molecule has 0 radical (unpaired) electrons. The van der Waals surface area contributed by atoms with Crippen molar-refractivity contribution in [2.75, 3.05) is 0 Å². The van der Waals surface area contributed by atoms with Crippen LogP contribution < -0.4 is 0 Å². The Morgan fingerprint density at radius 2 is 1.89 bits per heavy atom. The van der Waals surface area contributed by atoms with Crippen molar-refractivity contribution in [2.24, 2.45) is 0 Å². The Labute approximate surface area is 112 Å². The number of nitrogens with zero attached hydrogens (tertiary/aromatic N) is 1. The van der Waals surface area contributed by atoms with Gasteiger partial charge in [0, 0.05) is 11.0 Å². The van der Waals surface area contributed by atoms with Crippen LogP contribution >= 0.6 is 11.8 Å². The minimum atomic E-state index is 0.469. The molecule has 2 aromatic carbocycles. The first-order chi connectivity index (χ1) is 8.79. The molecule has 2 rings (SSSR count). The fourth-order valence-electron chi connectivity index (χ4n) is 1.77. The van der Waals surface area contributed by atoms with Crippen LogP contribution in [0.25, 0.3) is 0 Å². The average Bonchev–Trinajstić information content (AvgIpc) is 2.46. The summed E-state index contributed by atoms with van der Waals surface area (Å²) in [7, 11) is 0. The van der Waals surface area contributed by atoms with Gasteiger partial charge in [0.15, 0.2) is 0 Å². The highest BCUT2D eigenvalue weighted by atomic mass is 32.2. The van der Waals surface area contributed by atoms with Crippen LogP contribution in [-0.4, -0.2) is 0 Å². The summed E-state index contributed by atoms with van der Waals surface area (Å²) in [6.45, 7) is 2.22.